The van der Waals surface area contributed by atoms with Crippen LogP contribution in [0.5, 0.6) is 5.75 Å². The van der Waals surface area contributed by atoms with Gasteiger partial charge in [-0.25, -0.2) is 9.97 Å². The second-order valence-corrected chi connectivity index (χ2v) is 8.29. The van der Waals surface area contributed by atoms with Crippen LogP contribution >= 0.6 is 0 Å². The maximum absolute atomic E-state index is 13.5. The van der Waals surface area contributed by atoms with E-state index in [2.05, 4.69) is 14.9 Å². The largest absolute Gasteiger partial charge is 0.491 e. The van der Waals surface area contributed by atoms with Gasteiger partial charge >= 0.3 is 0 Å². The number of amides is 1. The Labute approximate surface area is 176 Å². The number of para-hydroxylation sites is 2. The average Bonchev–Trinajstić information content (AvgIpc) is 3.32. The fourth-order valence-electron chi connectivity index (χ4n) is 5.10. The monoisotopic (exact) mass is 402 g/mol. The van der Waals surface area contributed by atoms with Crippen LogP contribution in [-0.4, -0.2) is 44.4 Å². The number of fused-ring (bicyclic) bond motifs is 3. The molecule has 5 rings (SSSR count). The number of nitrogens with zero attached hydrogens (tertiary/aromatic N) is 4. The van der Waals surface area contributed by atoms with Crippen LogP contribution in [0.1, 0.15) is 48.1 Å². The molecule has 2 bridgehead atoms. The predicted octanol–water partition coefficient (Wildman–Crippen LogP) is 3.97. The molecule has 2 saturated heterocycles. The molecule has 2 fully saturated rings. The minimum Gasteiger partial charge on any atom is -0.491 e. The lowest BCUT2D eigenvalue weighted by molar-refractivity contribution is 0.0708. The highest BCUT2D eigenvalue weighted by Crippen LogP contribution is 2.44. The maximum atomic E-state index is 13.5. The zero-order valence-corrected chi connectivity index (χ0v) is 17.4. The molecule has 2 aliphatic heterocycles. The van der Waals surface area contributed by atoms with Crippen LogP contribution in [-0.2, 0) is 6.42 Å². The Kier molecular flexibility index (Phi) is 4.85. The lowest BCUT2D eigenvalue weighted by Gasteiger charge is -2.25. The molecule has 0 spiro atoms. The van der Waals surface area contributed by atoms with E-state index >= 15 is 0 Å². The maximum Gasteiger partial charge on any atom is 0.276 e. The van der Waals surface area contributed by atoms with Gasteiger partial charge in [0.25, 0.3) is 5.91 Å². The molecule has 4 heterocycles. The first-order chi connectivity index (χ1) is 14.6. The molecule has 2 aromatic heterocycles. The number of carbonyl (C=O) groups is 1. The first kappa shape index (κ1) is 19.0. The van der Waals surface area contributed by atoms with Crippen molar-refractivity contribution in [1.82, 2.24) is 19.9 Å². The summed E-state index contributed by atoms with van der Waals surface area (Å²) in [6, 6.07) is 12.2. The molecule has 2 aliphatic rings. The molecule has 6 heteroatoms. The lowest BCUT2D eigenvalue weighted by Crippen LogP contribution is -2.37. The Balaban J connectivity index is 1.38. The van der Waals surface area contributed by atoms with Crippen molar-refractivity contribution in [2.24, 2.45) is 5.92 Å². The molecule has 3 unspecified atom stereocenters. The Hall–Kier alpha value is -3.02. The fourth-order valence-corrected chi connectivity index (χ4v) is 5.10. The fraction of sp³-hybridized carbons (Fsp3) is 0.417. The first-order valence-electron chi connectivity index (χ1n) is 10.8. The summed E-state index contributed by atoms with van der Waals surface area (Å²) in [5.41, 5.74) is 4.12. The van der Waals surface area contributed by atoms with E-state index in [9.17, 15) is 4.79 Å². The van der Waals surface area contributed by atoms with Crippen LogP contribution in [0.3, 0.4) is 0 Å². The van der Waals surface area contributed by atoms with Crippen LogP contribution in [0.4, 0.5) is 0 Å². The summed E-state index contributed by atoms with van der Waals surface area (Å²) in [7, 11) is 0. The van der Waals surface area contributed by atoms with E-state index in [1.807, 2.05) is 56.4 Å². The van der Waals surface area contributed by atoms with E-state index in [1.54, 1.807) is 0 Å². The van der Waals surface area contributed by atoms with Crippen molar-refractivity contribution >= 4 is 16.9 Å². The van der Waals surface area contributed by atoms with Gasteiger partial charge in [0.05, 0.1) is 23.3 Å². The highest BCUT2D eigenvalue weighted by Gasteiger charge is 2.49. The van der Waals surface area contributed by atoms with Crippen molar-refractivity contribution in [1.29, 1.82) is 0 Å². The summed E-state index contributed by atoms with van der Waals surface area (Å²) in [4.78, 5) is 29.5. The minimum absolute atomic E-state index is 0.00162. The Morgan fingerprint density at radius 1 is 1.13 bits per heavy atom. The van der Waals surface area contributed by atoms with E-state index in [0.717, 1.165) is 48.1 Å². The number of pyridine rings is 1. The van der Waals surface area contributed by atoms with Crippen molar-refractivity contribution in [3.8, 4) is 5.75 Å². The van der Waals surface area contributed by atoms with E-state index in [1.165, 1.54) is 0 Å². The molecule has 1 amide bonds. The number of carbonyl (C=O) groups excluding carboxylic acids is 1. The summed E-state index contributed by atoms with van der Waals surface area (Å²) < 4.78 is 5.70. The van der Waals surface area contributed by atoms with Crippen molar-refractivity contribution < 1.29 is 9.53 Å². The van der Waals surface area contributed by atoms with Gasteiger partial charge in [0.1, 0.15) is 0 Å². The number of rotatable bonds is 5. The molecule has 1 aromatic carbocycles. The number of hydrogen-bond donors (Lipinski definition) is 0. The van der Waals surface area contributed by atoms with E-state index in [4.69, 9.17) is 9.72 Å². The zero-order chi connectivity index (χ0) is 20.7. The summed E-state index contributed by atoms with van der Waals surface area (Å²) in [5.74, 6) is 0.988. The molecular formula is C24H26N4O2. The third kappa shape index (κ3) is 3.30. The van der Waals surface area contributed by atoms with Crippen LogP contribution in [0.15, 0.2) is 42.6 Å². The Bertz CT molecular complexity index is 1100. The molecule has 30 heavy (non-hydrogen) atoms. The summed E-state index contributed by atoms with van der Waals surface area (Å²) in [5, 5.41) is 0. The molecule has 154 valence electrons. The number of aromatic nitrogens is 3. The average molecular weight is 402 g/mol. The van der Waals surface area contributed by atoms with Gasteiger partial charge in [-0.05, 0) is 69.7 Å². The van der Waals surface area contributed by atoms with Gasteiger partial charge in [-0.15, -0.1) is 0 Å². The number of aryl methyl sites for hydroxylation is 1. The van der Waals surface area contributed by atoms with Gasteiger partial charge in [0.2, 0.25) is 0 Å². The predicted molar refractivity (Wildman–Crippen MR) is 114 cm³/mol. The summed E-state index contributed by atoms with van der Waals surface area (Å²) in [6.45, 7) is 4.35. The second kappa shape index (κ2) is 7.67. The third-order valence-electron chi connectivity index (χ3n) is 6.37. The van der Waals surface area contributed by atoms with E-state index in [0.29, 0.717) is 24.0 Å². The van der Waals surface area contributed by atoms with Crippen LogP contribution in [0.25, 0.3) is 11.0 Å². The molecule has 0 saturated carbocycles. The third-order valence-corrected chi connectivity index (χ3v) is 6.37. The van der Waals surface area contributed by atoms with Gasteiger partial charge in [-0.2, -0.15) is 0 Å². The van der Waals surface area contributed by atoms with E-state index < -0.39 is 0 Å². The summed E-state index contributed by atoms with van der Waals surface area (Å²) >= 11 is 0. The molecule has 0 aliphatic carbocycles. The molecular weight excluding hydrogens is 376 g/mol. The van der Waals surface area contributed by atoms with Gasteiger partial charge < -0.3 is 9.64 Å². The second-order valence-electron chi connectivity index (χ2n) is 8.29. The van der Waals surface area contributed by atoms with Crippen molar-refractivity contribution in [3.05, 3.63) is 59.7 Å². The van der Waals surface area contributed by atoms with Gasteiger partial charge in [-0.3, -0.25) is 9.78 Å². The Morgan fingerprint density at radius 2 is 1.97 bits per heavy atom. The SMILES string of the molecule is CCOc1ccc(C)nc1C(=O)N1C2CCC1C(Cc1cnc3ccccc3n1)C2. The van der Waals surface area contributed by atoms with Gasteiger partial charge in [0.15, 0.2) is 11.4 Å². The molecule has 3 aromatic rings. The number of ether oxygens (including phenoxy) is 1. The molecule has 6 nitrogen and oxygen atoms in total. The highest BCUT2D eigenvalue weighted by molar-refractivity contribution is 5.96. The van der Waals surface area contributed by atoms with Crippen molar-refractivity contribution in [2.75, 3.05) is 6.61 Å². The number of benzene rings is 1. The van der Waals surface area contributed by atoms with Gasteiger partial charge in [0, 0.05) is 24.0 Å². The Morgan fingerprint density at radius 3 is 2.80 bits per heavy atom. The van der Waals surface area contributed by atoms with Crippen molar-refractivity contribution in [3.63, 3.8) is 0 Å². The van der Waals surface area contributed by atoms with Crippen LogP contribution in [0.2, 0.25) is 0 Å². The lowest BCUT2D eigenvalue weighted by atomic mass is 9.86. The zero-order valence-electron chi connectivity index (χ0n) is 17.4. The minimum atomic E-state index is 0.00162. The first-order valence-corrected chi connectivity index (χ1v) is 10.8. The van der Waals surface area contributed by atoms with Crippen molar-refractivity contribution in [2.45, 2.75) is 51.6 Å². The van der Waals surface area contributed by atoms with E-state index in [-0.39, 0.29) is 18.0 Å². The molecule has 3 atom stereocenters. The standard InChI is InChI=1S/C24H26N4O2/c1-3-30-22-11-8-15(2)26-23(22)24(29)28-18-9-10-21(28)16(13-18)12-17-14-25-19-6-4-5-7-20(19)27-17/h4-8,11,14,16,18,21H,3,9-10,12-13H2,1-2H3. The summed E-state index contributed by atoms with van der Waals surface area (Å²) in [6.07, 6.45) is 5.85. The quantitative estimate of drug-likeness (QED) is 0.646. The normalized spacial score (nSPS) is 22.6. The van der Waals surface area contributed by atoms with Crippen LogP contribution < -0.4 is 4.74 Å². The van der Waals surface area contributed by atoms with Crippen LogP contribution in [0, 0.1) is 12.8 Å². The number of hydrogen-bond acceptors (Lipinski definition) is 5. The topological polar surface area (TPSA) is 68.2 Å². The molecule has 0 radical (unpaired) electrons. The smallest absolute Gasteiger partial charge is 0.276 e. The van der Waals surface area contributed by atoms with Gasteiger partial charge in [-0.1, -0.05) is 12.1 Å². The molecule has 0 N–H and O–H groups in total. The highest BCUT2D eigenvalue weighted by atomic mass is 16.5.